The minimum absolute atomic E-state index is 0.150. The van der Waals surface area contributed by atoms with Crippen LogP contribution in [-0.2, 0) is 9.84 Å². The van der Waals surface area contributed by atoms with Crippen LogP contribution in [0.5, 0.6) is 5.75 Å². The Morgan fingerprint density at radius 2 is 2.08 bits per heavy atom. The Morgan fingerprint density at radius 3 is 2.77 bits per heavy atom. The number of hydrogen-bond acceptors (Lipinski definition) is 4. The highest BCUT2D eigenvalue weighted by atomic mass is 32.2. The Kier molecular flexibility index (Phi) is 6.92. The van der Waals surface area contributed by atoms with E-state index in [9.17, 15) is 8.42 Å². The summed E-state index contributed by atoms with van der Waals surface area (Å²) >= 11 is 0. The van der Waals surface area contributed by atoms with Gasteiger partial charge in [-0.1, -0.05) is 32.0 Å². The quantitative estimate of drug-likeness (QED) is 0.560. The van der Waals surface area contributed by atoms with Crippen LogP contribution in [0.15, 0.2) is 29.3 Å². The molecular formula is C19H31N3O3S. The first-order valence-corrected chi connectivity index (χ1v) is 11.2. The summed E-state index contributed by atoms with van der Waals surface area (Å²) in [4.78, 5) is 4.71. The molecule has 1 aliphatic rings. The lowest BCUT2D eigenvalue weighted by Crippen LogP contribution is -2.41. The van der Waals surface area contributed by atoms with Gasteiger partial charge in [-0.2, -0.15) is 0 Å². The fourth-order valence-corrected chi connectivity index (χ4v) is 3.73. The summed E-state index contributed by atoms with van der Waals surface area (Å²) in [6, 6.07) is 8.20. The molecule has 0 fully saturated rings. The second-order valence-corrected chi connectivity index (χ2v) is 9.87. The largest absolute Gasteiger partial charge is 0.493 e. The SMILES string of the molecule is CCNC(=NCC(C)(C)CCS(C)(=O)=O)NC1CCOc2ccccc21. The lowest BCUT2D eigenvalue weighted by Gasteiger charge is -2.29. The molecule has 0 bridgehead atoms. The number of ether oxygens (including phenoxy) is 1. The number of aliphatic imine (C=N–C) groups is 1. The molecule has 1 aromatic rings. The Bertz CT molecular complexity index is 729. The molecular weight excluding hydrogens is 350 g/mol. The van der Waals surface area contributed by atoms with E-state index in [1.54, 1.807) is 0 Å². The van der Waals surface area contributed by atoms with Crippen LogP contribution >= 0.6 is 0 Å². The number of rotatable bonds is 7. The van der Waals surface area contributed by atoms with Gasteiger partial charge in [0.2, 0.25) is 0 Å². The Morgan fingerprint density at radius 1 is 1.35 bits per heavy atom. The van der Waals surface area contributed by atoms with E-state index < -0.39 is 9.84 Å². The van der Waals surface area contributed by atoms with Crippen LogP contribution in [-0.4, -0.2) is 46.1 Å². The van der Waals surface area contributed by atoms with E-state index in [2.05, 4.69) is 30.5 Å². The van der Waals surface area contributed by atoms with Gasteiger partial charge in [-0.25, -0.2) is 8.42 Å². The van der Waals surface area contributed by atoms with E-state index in [0.29, 0.717) is 19.6 Å². The van der Waals surface area contributed by atoms with Crippen molar-refractivity contribution >= 4 is 15.8 Å². The second kappa shape index (κ2) is 8.75. The van der Waals surface area contributed by atoms with E-state index in [-0.39, 0.29) is 17.2 Å². The third-order valence-corrected chi connectivity index (χ3v) is 5.37. The summed E-state index contributed by atoms with van der Waals surface area (Å²) < 4.78 is 28.6. The third-order valence-electron chi connectivity index (χ3n) is 4.43. The smallest absolute Gasteiger partial charge is 0.191 e. The number of guanidine groups is 1. The first-order valence-electron chi connectivity index (χ1n) is 9.14. The van der Waals surface area contributed by atoms with Crippen molar-refractivity contribution in [3.05, 3.63) is 29.8 Å². The monoisotopic (exact) mass is 381 g/mol. The molecule has 1 aromatic carbocycles. The van der Waals surface area contributed by atoms with Gasteiger partial charge in [-0.3, -0.25) is 4.99 Å². The minimum atomic E-state index is -2.96. The van der Waals surface area contributed by atoms with Crippen molar-refractivity contribution in [2.45, 2.75) is 39.7 Å². The standard InChI is InChI=1S/C19H31N3O3S/c1-5-20-18(21-14-19(2,3)11-13-26(4,23)24)22-16-10-12-25-17-9-7-6-8-15(16)17/h6-9,16H,5,10-14H2,1-4H3,(H2,20,21,22). The number of sulfone groups is 1. The van der Waals surface area contributed by atoms with Crippen molar-refractivity contribution in [1.29, 1.82) is 0 Å². The molecule has 0 saturated heterocycles. The Labute approximate surface area is 157 Å². The predicted molar refractivity (Wildman–Crippen MR) is 107 cm³/mol. The molecule has 2 rings (SSSR count). The highest BCUT2D eigenvalue weighted by Crippen LogP contribution is 2.31. The average molecular weight is 382 g/mol. The molecule has 6 nitrogen and oxygen atoms in total. The number of nitrogens with zero attached hydrogens (tertiary/aromatic N) is 1. The Hall–Kier alpha value is -1.76. The van der Waals surface area contributed by atoms with E-state index in [1.165, 1.54) is 6.26 Å². The van der Waals surface area contributed by atoms with Crippen molar-refractivity contribution in [2.75, 3.05) is 31.7 Å². The average Bonchev–Trinajstić information content (AvgIpc) is 2.58. The summed E-state index contributed by atoms with van der Waals surface area (Å²) in [5.74, 6) is 1.86. The second-order valence-electron chi connectivity index (χ2n) is 7.61. The van der Waals surface area contributed by atoms with Gasteiger partial charge >= 0.3 is 0 Å². The molecule has 26 heavy (non-hydrogen) atoms. The predicted octanol–water partition coefficient (Wildman–Crippen LogP) is 2.53. The van der Waals surface area contributed by atoms with Crippen LogP contribution < -0.4 is 15.4 Å². The molecule has 2 N–H and O–H groups in total. The highest BCUT2D eigenvalue weighted by molar-refractivity contribution is 7.90. The summed E-state index contributed by atoms with van der Waals surface area (Å²) in [6.45, 7) is 8.13. The lowest BCUT2D eigenvalue weighted by molar-refractivity contribution is 0.261. The molecule has 0 aliphatic carbocycles. The summed E-state index contributed by atoms with van der Waals surface area (Å²) in [7, 11) is -2.96. The molecule has 1 aliphatic heterocycles. The van der Waals surface area contributed by atoms with E-state index in [1.807, 2.05) is 25.1 Å². The van der Waals surface area contributed by atoms with E-state index in [0.717, 1.165) is 30.2 Å². The molecule has 1 heterocycles. The number of nitrogens with one attached hydrogen (secondary N) is 2. The van der Waals surface area contributed by atoms with Gasteiger partial charge in [0.15, 0.2) is 5.96 Å². The first-order chi connectivity index (χ1) is 12.2. The van der Waals surface area contributed by atoms with E-state index >= 15 is 0 Å². The van der Waals surface area contributed by atoms with Gasteiger partial charge in [-0.15, -0.1) is 0 Å². The number of benzene rings is 1. The Balaban J connectivity index is 2.05. The molecule has 7 heteroatoms. The normalized spacial score (nSPS) is 18.0. The van der Waals surface area contributed by atoms with Gasteiger partial charge in [0.05, 0.1) is 18.4 Å². The van der Waals surface area contributed by atoms with Crippen molar-refractivity contribution < 1.29 is 13.2 Å². The number of para-hydroxylation sites is 1. The van der Waals surface area contributed by atoms with Crippen LogP contribution in [0.4, 0.5) is 0 Å². The fraction of sp³-hybridized carbons (Fsp3) is 0.632. The maximum Gasteiger partial charge on any atom is 0.191 e. The van der Waals surface area contributed by atoms with Crippen LogP contribution in [0.3, 0.4) is 0 Å². The van der Waals surface area contributed by atoms with Crippen molar-refractivity contribution in [3.63, 3.8) is 0 Å². The molecule has 1 unspecified atom stereocenters. The minimum Gasteiger partial charge on any atom is -0.493 e. The van der Waals surface area contributed by atoms with Crippen LogP contribution in [0.25, 0.3) is 0 Å². The topological polar surface area (TPSA) is 79.8 Å². The van der Waals surface area contributed by atoms with Gasteiger partial charge in [0.25, 0.3) is 0 Å². The molecule has 146 valence electrons. The fourth-order valence-electron chi connectivity index (χ4n) is 2.81. The van der Waals surface area contributed by atoms with Crippen LogP contribution in [0.2, 0.25) is 0 Å². The zero-order chi connectivity index (χ0) is 19.2. The van der Waals surface area contributed by atoms with Crippen molar-refractivity contribution in [1.82, 2.24) is 10.6 Å². The van der Waals surface area contributed by atoms with Gasteiger partial charge < -0.3 is 15.4 Å². The summed E-state index contributed by atoms with van der Waals surface area (Å²) in [5.41, 5.74) is 0.958. The number of fused-ring (bicyclic) bond motifs is 1. The van der Waals surface area contributed by atoms with Crippen molar-refractivity contribution in [3.8, 4) is 5.75 Å². The summed E-state index contributed by atoms with van der Waals surface area (Å²) in [5, 5.41) is 6.78. The summed E-state index contributed by atoms with van der Waals surface area (Å²) in [6.07, 6.45) is 2.74. The lowest BCUT2D eigenvalue weighted by atomic mass is 9.90. The van der Waals surface area contributed by atoms with Gasteiger partial charge in [-0.05, 0) is 24.8 Å². The molecule has 0 radical (unpaired) electrons. The molecule has 1 atom stereocenters. The van der Waals surface area contributed by atoms with Gasteiger partial charge in [0.1, 0.15) is 15.6 Å². The molecule has 0 spiro atoms. The van der Waals surface area contributed by atoms with Gasteiger partial charge in [0, 0.05) is 31.3 Å². The molecule has 0 amide bonds. The van der Waals surface area contributed by atoms with Crippen LogP contribution in [0.1, 0.15) is 45.2 Å². The molecule has 0 aromatic heterocycles. The zero-order valence-corrected chi connectivity index (χ0v) is 17.0. The van der Waals surface area contributed by atoms with E-state index in [4.69, 9.17) is 9.73 Å². The maximum absolute atomic E-state index is 11.4. The third kappa shape index (κ3) is 6.52. The highest BCUT2D eigenvalue weighted by Gasteiger charge is 2.23. The van der Waals surface area contributed by atoms with Crippen molar-refractivity contribution in [2.24, 2.45) is 10.4 Å². The first kappa shape index (κ1) is 20.6. The number of hydrogen-bond donors (Lipinski definition) is 2. The zero-order valence-electron chi connectivity index (χ0n) is 16.2. The molecule has 0 saturated carbocycles. The maximum atomic E-state index is 11.4. The van der Waals surface area contributed by atoms with Crippen LogP contribution in [0, 0.1) is 5.41 Å².